The number of carbonyl (C=O) groups is 2. The number of amides is 1. The van der Waals surface area contributed by atoms with Crippen molar-refractivity contribution in [2.75, 3.05) is 14.2 Å². The lowest BCUT2D eigenvalue weighted by molar-refractivity contribution is -0.137. The Bertz CT molecular complexity index is 1680. The summed E-state index contributed by atoms with van der Waals surface area (Å²) in [6.07, 6.45) is -3.82. The van der Waals surface area contributed by atoms with Crippen molar-refractivity contribution in [3.63, 3.8) is 0 Å². The van der Waals surface area contributed by atoms with Gasteiger partial charge in [0.15, 0.2) is 5.71 Å². The Hall–Kier alpha value is -3.80. The number of halogens is 6. The number of alkyl halides is 5. The van der Waals surface area contributed by atoms with Gasteiger partial charge >= 0.3 is 12.1 Å². The number of oxime groups is 2. The van der Waals surface area contributed by atoms with E-state index in [9.17, 15) is 22.8 Å². The summed E-state index contributed by atoms with van der Waals surface area (Å²) in [5.74, 6) is -0.816. The first-order valence-electron chi connectivity index (χ1n) is 15.1. The summed E-state index contributed by atoms with van der Waals surface area (Å²) in [4.78, 5) is 34.5. The zero-order chi connectivity index (χ0) is 36.6. The van der Waals surface area contributed by atoms with Gasteiger partial charge in [0.05, 0.1) is 29.8 Å². The van der Waals surface area contributed by atoms with Crippen LogP contribution in [0.4, 0.5) is 13.2 Å². The Morgan fingerprint density at radius 1 is 1.00 bits per heavy atom. The van der Waals surface area contributed by atoms with Crippen LogP contribution in [0.2, 0.25) is 5.02 Å². The van der Waals surface area contributed by atoms with Gasteiger partial charge in [-0.15, -0.1) is 23.2 Å². The number of rotatable bonds is 11. The standard InChI is InChI=1S/C20H19F3N2O4.C15H18Cl3NO/c1-13(14-8-6-9-16(11-14)20(21,22)23)24-29-12-15-7-4-5-10-17(15)18(25-28-3)19(26)27-2;1-4-14(10(3)15(14,17)18)13(20)19-9(2)11-5-7-12(16)8-6-11/h4-11H,12H2,1-3H3;5-10H,4H2,1-3H3,(H,19,20)/b24-13+,25-18+;. The topological polar surface area (TPSA) is 98.6 Å². The van der Waals surface area contributed by atoms with Gasteiger partial charge in [0.2, 0.25) is 5.91 Å². The van der Waals surface area contributed by atoms with Crippen LogP contribution in [0.5, 0.6) is 0 Å². The van der Waals surface area contributed by atoms with Gasteiger partial charge in [-0.2, -0.15) is 13.2 Å². The average Bonchev–Trinajstić information content (AvgIpc) is 3.53. The van der Waals surface area contributed by atoms with Gasteiger partial charge in [0.1, 0.15) is 18.1 Å². The molecule has 8 nitrogen and oxygen atoms in total. The second-order valence-corrected chi connectivity index (χ2v) is 13.0. The Morgan fingerprint density at radius 2 is 1.63 bits per heavy atom. The minimum absolute atomic E-state index is 0.0410. The van der Waals surface area contributed by atoms with Gasteiger partial charge in [-0.25, -0.2) is 4.79 Å². The summed E-state index contributed by atoms with van der Waals surface area (Å²) >= 11 is 18.4. The third-order valence-corrected chi connectivity index (χ3v) is 9.92. The lowest BCUT2D eigenvalue weighted by Gasteiger charge is -2.20. The highest BCUT2D eigenvalue weighted by Crippen LogP contribution is 2.70. The van der Waals surface area contributed by atoms with E-state index in [2.05, 4.69) is 15.6 Å². The quantitative estimate of drug-likeness (QED) is 0.0916. The minimum Gasteiger partial charge on any atom is -0.464 e. The molecule has 1 saturated carbocycles. The van der Waals surface area contributed by atoms with E-state index in [4.69, 9.17) is 49.2 Å². The van der Waals surface area contributed by atoms with E-state index < -0.39 is 27.5 Å². The van der Waals surface area contributed by atoms with Crippen LogP contribution in [0.1, 0.15) is 68.0 Å². The molecule has 0 aliphatic heterocycles. The van der Waals surface area contributed by atoms with Crippen molar-refractivity contribution >= 4 is 58.1 Å². The summed E-state index contributed by atoms with van der Waals surface area (Å²) in [7, 11) is 2.51. The second kappa shape index (κ2) is 16.7. The van der Waals surface area contributed by atoms with E-state index in [-0.39, 0.29) is 41.5 Å². The predicted octanol–water partition coefficient (Wildman–Crippen LogP) is 8.91. The molecule has 0 bridgehead atoms. The number of nitrogens with one attached hydrogen (secondary N) is 1. The van der Waals surface area contributed by atoms with Crippen molar-refractivity contribution in [2.24, 2.45) is 21.6 Å². The Kier molecular flexibility index (Phi) is 13.5. The molecule has 49 heavy (non-hydrogen) atoms. The number of hydrogen-bond acceptors (Lipinski definition) is 7. The SMILES string of the molecule is CCC1(C(=O)NC(C)c2ccc(Cl)cc2)C(C)C1(Cl)Cl.CO/N=C(/C(=O)OC)c1ccccc1CO/N=C(\C)c1cccc(C(F)(F)F)c1. The lowest BCUT2D eigenvalue weighted by atomic mass is 9.98. The largest absolute Gasteiger partial charge is 0.464 e. The van der Waals surface area contributed by atoms with E-state index in [1.165, 1.54) is 33.3 Å². The fourth-order valence-corrected chi connectivity index (χ4v) is 6.44. The molecule has 14 heteroatoms. The zero-order valence-corrected chi connectivity index (χ0v) is 30.0. The number of carbonyl (C=O) groups excluding carboxylic acids is 2. The summed E-state index contributed by atoms with van der Waals surface area (Å²) in [6, 6.07) is 18.8. The summed E-state index contributed by atoms with van der Waals surface area (Å²) in [5.41, 5.74) is 1.04. The maximum absolute atomic E-state index is 12.9. The molecule has 4 rings (SSSR count). The molecule has 3 aromatic carbocycles. The fourth-order valence-electron chi connectivity index (χ4n) is 5.28. The number of nitrogens with zero attached hydrogens (tertiary/aromatic N) is 2. The molecule has 0 heterocycles. The average molecular weight is 743 g/mol. The van der Waals surface area contributed by atoms with Gasteiger partial charge in [-0.3, -0.25) is 4.79 Å². The Labute approximate surface area is 298 Å². The van der Waals surface area contributed by atoms with E-state index in [0.717, 1.165) is 17.7 Å². The first kappa shape index (κ1) is 39.6. The van der Waals surface area contributed by atoms with Crippen LogP contribution in [0.25, 0.3) is 0 Å². The molecule has 3 aromatic rings. The van der Waals surface area contributed by atoms with Crippen molar-refractivity contribution in [1.82, 2.24) is 5.32 Å². The highest BCUT2D eigenvalue weighted by Gasteiger charge is 2.76. The van der Waals surface area contributed by atoms with E-state index in [1.807, 2.05) is 45.0 Å². The molecule has 1 amide bonds. The molecule has 1 N–H and O–H groups in total. The molecule has 1 fully saturated rings. The van der Waals surface area contributed by atoms with Crippen LogP contribution >= 0.6 is 34.8 Å². The van der Waals surface area contributed by atoms with E-state index in [1.54, 1.807) is 24.3 Å². The molecule has 0 radical (unpaired) electrons. The van der Waals surface area contributed by atoms with Crippen molar-refractivity contribution < 1.29 is 37.2 Å². The molecule has 3 atom stereocenters. The highest BCUT2D eigenvalue weighted by molar-refractivity contribution is 6.53. The third kappa shape index (κ3) is 9.26. The normalized spacial score (nSPS) is 19.1. The van der Waals surface area contributed by atoms with Gasteiger partial charge < -0.3 is 19.7 Å². The van der Waals surface area contributed by atoms with Gasteiger partial charge in [-0.1, -0.05) is 84.3 Å². The van der Waals surface area contributed by atoms with Crippen LogP contribution in [0.3, 0.4) is 0 Å². The molecule has 0 saturated heterocycles. The number of methoxy groups -OCH3 is 1. The predicted molar refractivity (Wildman–Crippen MR) is 185 cm³/mol. The zero-order valence-electron chi connectivity index (χ0n) is 27.7. The van der Waals surface area contributed by atoms with Gasteiger partial charge in [0.25, 0.3) is 0 Å². The number of hydrogen-bond donors (Lipinski definition) is 1. The Balaban J connectivity index is 0.000000284. The van der Waals surface area contributed by atoms with E-state index >= 15 is 0 Å². The molecular formula is C35H37Cl3F3N3O5. The smallest absolute Gasteiger partial charge is 0.416 e. The van der Waals surface area contributed by atoms with Crippen LogP contribution in [0.15, 0.2) is 83.1 Å². The number of ether oxygens (including phenoxy) is 1. The van der Waals surface area contributed by atoms with Crippen LogP contribution in [-0.2, 0) is 36.8 Å². The number of esters is 1. The van der Waals surface area contributed by atoms with Crippen molar-refractivity contribution in [3.05, 3.63) is 106 Å². The fraction of sp³-hybridized carbons (Fsp3) is 0.371. The Morgan fingerprint density at radius 3 is 2.18 bits per heavy atom. The maximum Gasteiger partial charge on any atom is 0.416 e. The third-order valence-electron chi connectivity index (χ3n) is 8.34. The van der Waals surface area contributed by atoms with Crippen molar-refractivity contribution in [1.29, 1.82) is 0 Å². The molecule has 0 spiro atoms. The first-order valence-corrected chi connectivity index (χ1v) is 16.2. The second-order valence-electron chi connectivity index (χ2n) is 11.2. The molecule has 1 aliphatic carbocycles. The summed E-state index contributed by atoms with van der Waals surface area (Å²) in [5, 5.41) is 11.3. The maximum atomic E-state index is 12.9. The van der Waals surface area contributed by atoms with Crippen LogP contribution < -0.4 is 5.32 Å². The minimum atomic E-state index is -4.44. The van der Waals surface area contributed by atoms with Crippen LogP contribution in [0, 0.1) is 11.3 Å². The summed E-state index contributed by atoms with van der Waals surface area (Å²) in [6.45, 7) is 7.27. The van der Waals surface area contributed by atoms with E-state index in [0.29, 0.717) is 22.6 Å². The molecule has 1 aliphatic rings. The first-order chi connectivity index (χ1) is 23.0. The molecule has 264 valence electrons. The van der Waals surface area contributed by atoms with Crippen molar-refractivity contribution in [3.8, 4) is 0 Å². The molecule has 3 unspecified atom stereocenters. The lowest BCUT2D eigenvalue weighted by Crippen LogP contribution is -2.36. The highest BCUT2D eigenvalue weighted by atomic mass is 35.5. The summed E-state index contributed by atoms with van der Waals surface area (Å²) < 4.78 is 42.3. The molecular weight excluding hydrogens is 706 g/mol. The van der Waals surface area contributed by atoms with Gasteiger partial charge in [0, 0.05) is 22.1 Å². The van der Waals surface area contributed by atoms with Gasteiger partial charge in [-0.05, 0) is 55.7 Å². The van der Waals surface area contributed by atoms with Crippen LogP contribution in [-0.4, -0.2) is 41.9 Å². The number of benzene rings is 3. The van der Waals surface area contributed by atoms with Crippen molar-refractivity contribution in [2.45, 2.75) is 57.3 Å². The molecule has 0 aromatic heterocycles. The monoisotopic (exact) mass is 741 g/mol.